The monoisotopic (exact) mass is 647 g/mol. The van der Waals surface area contributed by atoms with Gasteiger partial charge in [0.1, 0.15) is 17.7 Å². The lowest BCUT2D eigenvalue weighted by molar-refractivity contribution is -0.138. The number of carbonyl (C=O) groups excluding carboxylic acids is 2. The fourth-order valence-electron chi connectivity index (χ4n) is 5.15. The second-order valence-electron chi connectivity index (χ2n) is 11.7. The van der Waals surface area contributed by atoms with Gasteiger partial charge in [0.15, 0.2) is 11.6 Å². The second kappa shape index (κ2) is 12.1. The van der Waals surface area contributed by atoms with Crippen LogP contribution in [0.4, 0.5) is 18.0 Å². The van der Waals surface area contributed by atoms with E-state index in [4.69, 9.17) is 21.1 Å². The number of sulfonamides is 1. The largest absolute Gasteiger partial charge is 0.444 e. The van der Waals surface area contributed by atoms with E-state index in [2.05, 4.69) is 9.97 Å². The number of alkyl halides is 2. The van der Waals surface area contributed by atoms with Crippen molar-refractivity contribution in [2.24, 2.45) is 0 Å². The average molecular weight is 648 g/mol. The summed E-state index contributed by atoms with van der Waals surface area (Å²) in [6, 6.07) is -0.667. The molecule has 4 rings (SSSR count). The van der Waals surface area contributed by atoms with E-state index in [0.717, 1.165) is 11.2 Å². The van der Waals surface area contributed by atoms with Crippen molar-refractivity contribution in [1.29, 1.82) is 0 Å². The lowest BCUT2D eigenvalue weighted by Crippen LogP contribution is -2.54. The van der Waals surface area contributed by atoms with Crippen LogP contribution < -0.4 is 9.46 Å². The molecule has 2 fully saturated rings. The van der Waals surface area contributed by atoms with Crippen LogP contribution in [-0.4, -0.2) is 89.2 Å². The lowest BCUT2D eigenvalue weighted by atomic mass is 9.98. The molecule has 0 radical (unpaired) electrons. The van der Waals surface area contributed by atoms with E-state index in [1.165, 1.54) is 29.3 Å². The Kier molecular flexibility index (Phi) is 9.20. The van der Waals surface area contributed by atoms with Gasteiger partial charge in [-0.2, -0.15) is 4.98 Å². The summed E-state index contributed by atoms with van der Waals surface area (Å²) < 4.78 is 83.9. The first kappa shape index (κ1) is 32.7. The minimum absolute atomic E-state index is 0.0275. The van der Waals surface area contributed by atoms with Crippen molar-refractivity contribution in [2.45, 2.75) is 76.6 Å². The third-order valence-corrected chi connectivity index (χ3v) is 7.85. The number of halogens is 4. The minimum Gasteiger partial charge on any atom is -0.444 e. The van der Waals surface area contributed by atoms with Gasteiger partial charge in [0, 0.05) is 18.3 Å². The Morgan fingerprint density at radius 2 is 1.93 bits per heavy atom. The summed E-state index contributed by atoms with van der Waals surface area (Å²) in [4.78, 5) is 36.4. The molecule has 236 valence electrons. The Hall–Kier alpha value is -3.17. The zero-order valence-corrected chi connectivity index (χ0v) is 25.8. The molecule has 2 aliphatic heterocycles. The first-order valence-corrected chi connectivity index (χ1v) is 15.7. The minimum atomic E-state index is -4.18. The number of hydrogen-bond donors (Lipinski definition) is 1. The molecule has 2 saturated heterocycles. The van der Waals surface area contributed by atoms with Crippen molar-refractivity contribution in [3.63, 3.8) is 0 Å². The second-order valence-corrected chi connectivity index (χ2v) is 13.8. The summed E-state index contributed by atoms with van der Waals surface area (Å²) in [7, 11) is -4.18. The van der Waals surface area contributed by atoms with Gasteiger partial charge >= 0.3 is 6.09 Å². The van der Waals surface area contributed by atoms with E-state index in [1.807, 2.05) is 4.72 Å². The van der Waals surface area contributed by atoms with Crippen molar-refractivity contribution in [1.82, 2.24) is 24.5 Å². The number of rotatable bonds is 7. The Morgan fingerprint density at radius 1 is 1.23 bits per heavy atom. The SMILES string of the molecule is Cc1cnc(Cl)nc1Oc1cccc(C[C@H]2[C@@H](NS(C)(=O)=O)C(F)(F)CN2C(=O)[C@@H]2CCCN2C(=O)OC(C)(C)C)c1F. The highest BCUT2D eigenvalue weighted by molar-refractivity contribution is 7.88. The molecule has 2 aliphatic rings. The summed E-state index contributed by atoms with van der Waals surface area (Å²) in [6.07, 6.45) is 1.44. The average Bonchev–Trinajstić information content (AvgIpc) is 3.45. The van der Waals surface area contributed by atoms with Crippen LogP contribution in [0.25, 0.3) is 0 Å². The zero-order chi connectivity index (χ0) is 31.9. The van der Waals surface area contributed by atoms with Crippen LogP contribution in [0.2, 0.25) is 5.28 Å². The molecule has 3 atom stereocenters. The van der Waals surface area contributed by atoms with E-state index >= 15 is 13.2 Å². The van der Waals surface area contributed by atoms with Crippen molar-refractivity contribution in [2.75, 3.05) is 19.3 Å². The number of aryl methyl sites for hydroxylation is 1. The zero-order valence-electron chi connectivity index (χ0n) is 24.2. The van der Waals surface area contributed by atoms with Gasteiger partial charge in [0.2, 0.25) is 27.1 Å². The molecule has 1 aromatic heterocycles. The van der Waals surface area contributed by atoms with Gasteiger partial charge in [-0.15, -0.1) is 0 Å². The molecule has 2 amide bonds. The lowest BCUT2D eigenvalue weighted by Gasteiger charge is -2.33. The molecular formula is C27H33ClF3N5O6S. The maximum absolute atomic E-state index is 15.8. The van der Waals surface area contributed by atoms with Gasteiger partial charge in [-0.1, -0.05) is 12.1 Å². The van der Waals surface area contributed by atoms with Crippen LogP contribution in [-0.2, 0) is 26.0 Å². The number of likely N-dealkylation sites (tertiary alicyclic amines) is 2. The fraction of sp³-hybridized carbons (Fsp3) is 0.556. The quantitative estimate of drug-likeness (QED) is 0.445. The van der Waals surface area contributed by atoms with E-state index in [-0.39, 0.29) is 35.4 Å². The van der Waals surface area contributed by atoms with Gasteiger partial charge in [0.05, 0.1) is 18.8 Å². The number of benzene rings is 1. The Morgan fingerprint density at radius 3 is 2.58 bits per heavy atom. The maximum Gasteiger partial charge on any atom is 0.410 e. The number of nitrogens with zero attached hydrogens (tertiary/aromatic N) is 4. The third kappa shape index (κ3) is 7.68. The van der Waals surface area contributed by atoms with Gasteiger partial charge in [-0.3, -0.25) is 9.69 Å². The first-order chi connectivity index (χ1) is 19.9. The molecule has 43 heavy (non-hydrogen) atoms. The number of aromatic nitrogens is 2. The standard InChI is InChI=1S/C27H33ClF3N5O6S/c1-15-13-32-24(28)33-22(15)41-19-10-6-8-16(20(19)29)12-18-21(34-43(5,39)40)27(30,31)14-36(18)23(37)17-9-7-11-35(17)25(38)42-26(2,3)4/h6,8,10,13,17-18,21,34H,7,9,11-12,14H2,1-5H3/t17-,18-,21+/m0/s1. The van der Waals surface area contributed by atoms with Crippen LogP contribution >= 0.6 is 11.6 Å². The molecule has 1 aromatic carbocycles. The van der Waals surface area contributed by atoms with Crippen LogP contribution in [0, 0.1) is 12.7 Å². The molecule has 0 spiro atoms. The molecule has 1 N–H and O–H groups in total. The third-order valence-electron chi connectivity index (χ3n) is 6.99. The van der Waals surface area contributed by atoms with E-state index in [9.17, 15) is 18.0 Å². The van der Waals surface area contributed by atoms with Gasteiger partial charge in [-0.05, 0) is 70.2 Å². The van der Waals surface area contributed by atoms with Crippen LogP contribution in [0.1, 0.15) is 44.7 Å². The summed E-state index contributed by atoms with van der Waals surface area (Å²) in [6.45, 7) is 5.61. The topological polar surface area (TPSA) is 131 Å². The first-order valence-electron chi connectivity index (χ1n) is 13.5. The van der Waals surface area contributed by atoms with Crippen LogP contribution in [0.3, 0.4) is 0 Å². The smallest absolute Gasteiger partial charge is 0.410 e. The van der Waals surface area contributed by atoms with Crippen LogP contribution in [0.15, 0.2) is 24.4 Å². The molecule has 3 heterocycles. The highest BCUT2D eigenvalue weighted by Crippen LogP contribution is 2.38. The molecule has 0 bridgehead atoms. The fourth-order valence-corrected chi connectivity index (χ4v) is 6.07. The molecule has 0 saturated carbocycles. The molecule has 0 unspecified atom stereocenters. The van der Waals surface area contributed by atoms with Crippen LogP contribution in [0.5, 0.6) is 11.6 Å². The van der Waals surface area contributed by atoms with E-state index < -0.39 is 70.5 Å². The van der Waals surface area contributed by atoms with Crippen molar-refractivity contribution >= 4 is 33.6 Å². The molecule has 2 aromatic rings. The normalized spacial score (nSPS) is 22.1. The Bertz CT molecular complexity index is 1510. The number of amides is 2. The predicted molar refractivity (Wildman–Crippen MR) is 150 cm³/mol. The molecule has 11 nitrogen and oxygen atoms in total. The van der Waals surface area contributed by atoms with Gasteiger partial charge in [-0.25, -0.2) is 36.1 Å². The number of nitrogens with one attached hydrogen (secondary N) is 1. The van der Waals surface area contributed by atoms with Crippen molar-refractivity contribution in [3.8, 4) is 11.6 Å². The highest BCUT2D eigenvalue weighted by Gasteiger charge is 2.58. The van der Waals surface area contributed by atoms with Gasteiger partial charge in [0.25, 0.3) is 5.92 Å². The Labute approximate surface area is 252 Å². The van der Waals surface area contributed by atoms with E-state index in [1.54, 1.807) is 27.7 Å². The summed E-state index contributed by atoms with van der Waals surface area (Å²) in [5, 5.41) is -0.137. The summed E-state index contributed by atoms with van der Waals surface area (Å²) in [5.74, 6) is -5.77. The number of carbonyl (C=O) groups is 2. The van der Waals surface area contributed by atoms with Crippen molar-refractivity contribution in [3.05, 3.63) is 46.6 Å². The maximum atomic E-state index is 15.8. The molecular weight excluding hydrogens is 615 g/mol. The van der Waals surface area contributed by atoms with Crippen molar-refractivity contribution < 1.29 is 40.7 Å². The Balaban J connectivity index is 1.68. The highest BCUT2D eigenvalue weighted by atomic mass is 35.5. The molecule has 0 aliphatic carbocycles. The summed E-state index contributed by atoms with van der Waals surface area (Å²) >= 11 is 5.83. The number of ether oxygens (including phenoxy) is 2. The summed E-state index contributed by atoms with van der Waals surface area (Å²) in [5.41, 5.74) is -0.530. The van der Waals surface area contributed by atoms with E-state index in [0.29, 0.717) is 12.0 Å². The van der Waals surface area contributed by atoms with Gasteiger partial charge < -0.3 is 14.4 Å². The number of hydrogen-bond acceptors (Lipinski definition) is 8. The predicted octanol–water partition coefficient (Wildman–Crippen LogP) is 4.08. The molecule has 16 heteroatoms.